The number of carbonyl (C=O) groups is 2. The largest absolute Gasteiger partial charge is 0.494 e. The van der Waals surface area contributed by atoms with E-state index in [4.69, 9.17) is 9.84 Å². The van der Waals surface area contributed by atoms with Gasteiger partial charge in [0.25, 0.3) is 11.8 Å². The summed E-state index contributed by atoms with van der Waals surface area (Å²) in [6.45, 7) is 1.51. The molecule has 0 bridgehead atoms. The lowest BCUT2D eigenvalue weighted by molar-refractivity contribution is 0.0939. The normalized spacial score (nSPS) is 10.4. The number of aryl methyl sites for hydroxylation is 1. The van der Waals surface area contributed by atoms with Gasteiger partial charge in [0.1, 0.15) is 17.5 Å². The quantitative estimate of drug-likeness (QED) is 0.323. The highest BCUT2D eigenvalue weighted by atomic mass is 19.1. The van der Waals surface area contributed by atoms with Gasteiger partial charge in [0, 0.05) is 25.9 Å². The van der Waals surface area contributed by atoms with Gasteiger partial charge in [-0.15, -0.1) is 0 Å². The molecule has 10 nitrogen and oxygen atoms in total. The van der Waals surface area contributed by atoms with Crippen LogP contribution in [0.2, 0.25) is 0 Å². The average Bonchev–Trinajstić information content (AvgIpc) is 2.84. The van der Waals surface area contributed by atoms with Gasteiger partial charge in [-0.2, -0.15) is 0 Å². The summed E-state index contributed by atoms with van der Waals surface area (Å²) in [5, 5.41) is 20.2. The Hall–Kier alpha value is -4.25. The number of nitrogens with zero attached hydrogens (tertiary/aromatic N) is 2. The third-order valence-electron chi connectivity index (χ3n) is 4.81. The average molecular weight is 468 g/mol. The molecule has 0 aliphatic rings. The first-order chi connectivity index (χ1) is 16.4. The molecule has 0 saturated heterocycles. The van der Waals surface area contributed by atoms with E-state index < -0.39 is 11.7 Å². The Morgan fingerprint density at radius 1 is 1.03 bits per heavy atom. The second kappa shape index (κ2) is 11.1. The number of ether oxygens (including phenoxy) is 1. The molecule has 5 N–H and O–H groups in total. The summed E-state index contributed by atoms with van der Waals surface area (Å²) in [5.41, 5.74) is 1.72. The summed E-state index contributed by atoms with van der Waals surface area (Å²) in [6.07, 6.45) is 2.48. The standard InChI is InChI=1S/C23H25FN6O4/c1-13-9-19(28-12-16(13)24)30-20-10-18(15(11-27-20)22(32)25-2)29-17-6-4-5-14(21(17)34-3)23(33)26-7-8-31/h4-6,9-12,31H,7-8H2,1-3H3,(H,25,32)(H,26,33)(H2,27,28,29,30). The highest BCUT2D eigenvalue weighted by molar-refractivity contribution is 6.02. The Labute approximate surface area is 195 Å². The van der Waals surface area contributed by atoms with Gasteiger partial charge < -0.3 is 31.1 Å². The molecule has 0 radical (unpaired) electrons. The number of carbonyl (C=O) groups excluding carboxylic acids is 2. The first-order valence-corrected chi connectivity index (χ1v) is 10.3. The van der Waals surface area contributed by atoms with Crippen LogP contribution in [0.4, 0.5) is 27.4 Å². The number of amides is 2. The molecule has 0 atom stereocenters. The minimum Gasteiger partial charge on any atom is -0.494 e. The summed E-state index contributed by atoms with van der Waals surface area (Å²) in [4.78, 5) is 33.2. The molecule has 2 amide bonds. The van der Waals surface area contributed by atoms with E-state index in [0.717, 1.165) is 6.20 Å². The van der Waals surface area contributed by atoms with Gasteiger partial charge in [-0.3, -0.25) is 9.59 Å². The van der Waals surface area contributed by atoms with Gasteiger partial charge in [-0.05, 0) is 30.7 Å². The maximum Gasteiger partial charge on any atom is 0.255 e. The van der Waals surface area contributed by atoms with Crippen LogP contribution in [0.25, 0.3) is 0 Å². The number of rotatable bonds is 9. The van der Waals surface area contributed by atoms with Crippen LogP contribution in [-0.2, 0) is 0 Å². The second-order valence-corrected chi connectivity index (χ2v) is 7.13. The molecule has 1 aromatic carbocycles. The Morgan fingerprint density at radius 2 is 1.76 bits per heavy atom. The zero-order chi connectivity index (χ0) is 24.7. The van der Waals surface area contributed by atoms with Crippen molar-refractivity contribution >= 4 is 34.8 Å². The molecule has 34 heavy (non-hydrogen) atoms. The van der Waals surface area contributed by atoms with E-state index >= 15 is 0 Å². The predicted octanol–water partition coefficient (Wildman–Crippen LogP) is 2.50. The molecule has 11 heteroatoms. The number of hydrogen-bond donors (Lipinski definition) is 5. The molecular weight excluding hydrogens is 443 g/mol. The number of benzene rings is 1. The first kappa shape index (κ1) is 24.4. The lowest BCUT2D eigenvalue weighted by Crippen LogP contribution is -2.26. The minimum absolute atomic E-state index is 0.0940. The maximum absolute atomic E-state index is 13.5. The van der Waals surface area contributed by atoms with Gasteiger partial charge >= 0.3 is 0 Å². The number of halogens is 1. The summed E-state index contributed by atoms with van der Waals surface area (Å²) < 4.78 is 19.0. The third kappa shape index (κ3) is 5.56. The monoisotopic (exact) mass is 468 g/mol. The lowest BCUT2D eigenvalue weighted by Gasteiger charge is -2.17. The molecule has 0 fully saturated rings. The molecular formula is C23H25FN6O4. The van der Waals surface area contributed by atoms with Crippen LogP contribution >= 0.6 is 0 Å². The summed E-state index contributed by atoms with van der Waals surface area (Å²) in [7, 11) is 2.92. The second-order valence-electron chi connectivity index (χ2n) is 7.13. The highest BCUT2D eigenvalue weighted by Crippen LogP contribution is 2.33. The van der Waals surface area contributed by atoms with Crippen molar-refractivity contribution in [1.29, 1.82) is 0 Å². The smallest absolute Gasteiger partial charge is 0.255 e. The van der Waals surface area contributed by atoms with Gasteiger partial charge in [0.05, 0.1) is 42.4 Å². The number of methoxy groups -OCH3 is 1. The van der Waals surface area contributed by atoms with Crippen molar-refractivity contribution in [3.8, 4) is 5.75 Å². The van der Waals surface area contributed by atoms with E-state index in [1.807, 2.05) is 0 Å². The van der Waals surface area contributed by atoms with Crippen LogP contribution in [0.3, 0.4) is 0 Å². The topological polar surface area (TPSA) is 137 Å². The van der Waals surface area contributed by atoms with Crippen molar-refractivity contribution in [2.45, 2.75) is 6.92 Å². The van der Waals surface area contributed by atoms with Crippen molar-refractivity contribution < 1.29 is 23.8 Å². The third-order valence-corrected chi connectivity index (χ3v) is 4.81. The van der Waals surface area contributed by atoms with Gasteiger partial charge in [0.2, 0.25) is 0 Å². The van der Waals surface area contributed by atoms with Crippen LogP contribution in [0.15, 0.2) is 42.7 Å². The molecule has 0 spiro atoms. The number of aliphatic hydroxyl groups excluding tert-OH is 1. The minimum atomic E-state index is -0.425. The van der Waals surface area contributed by atoms with Crippen LogP contribution in [0, 0.1) is 12.7 Å². The molecule has 178 valence electrons. The zero-order valence-electron chi connectivity index (χ0n) is 18.9. The maximum atomic E-state index is 13.5. The fourth-order valence-corrected chi connectivity index (χ4v) is 3.13. The molecule has 0 saturated carbocycles. The van der Waals surface area contributed by atoms with E-state index in [9.17, 15) is 14.0 Å². The lowest BCUT2D eigenvalue weighted by atomic mass is 10.1. The van der Waals surface area contributed by atoms with E-state index in [0.29, 0.717) is 28.6 Å². The number of para-hydroxylation sites is 1. The Bertz CT molecular complexity index is 1200. The van der Waals surface area contributed by atoms with Crippen LogP contribution in [0.5, 0.6) is 5.75 Å². The molecule has 2 aromatic heterocycles. The number of nitrogens with one attached hydrogen (secondary N) is 4. The first-order valence-electron chi connectivity index (χ1n) is 10.3. The number of aromatic nitrogens is 2. The summed E-state index contributed by atoms with van der Waals surface area (Å²) in [5.74, 6) is -0.243. The number of hydrogen-bond acceptors (Lipinski definition) is 8. The Morgan fingerprint density at radius 3 is 2.44 bits per heavy atom. The zero-order valence-corrected chi connectivity index (χ0v) is 18.9. The van der Waals surface area contributed by atoms with Gasteiger partial charge in [-0.25, -0.2) is 14.4 Å². The fourth-order valence-electron chi connectivity index (χ4n) is 3.13. The van der Waals surface area contributed by atoms with Crippen molar-refractivity contribution in [1.82, 2.24) is 20.6 Å². The van der Waals surface area contributed by atoms with E-state index in [-0.39, 0.29) is 35.9 Å². The summed E-state index contributed by atoms with van der Waals surface area (Å²) >= 11 is 0. The van der Waals surface area contributed by atoms with Gasteiger partial charge in [-0.1, -0.05) is 6.07 Å². The highest BCUT2D eigenvalue weighted by Gasteiger charge is 2.18. The summed E-state index contributed by atoms with van der Waals surface area (Å²) in [6, 6.07) is 8.05. The SMILES string of the molecule is CNC(=O)c1cnc(Nc2cc(C)c(F)cn2)cc1Nc1cccc(C(=O)NCCO)c1OC. The molecule has 2 heterocycles. The van der Waals surface area contributed by atoms with E-state index in [1.54, 1.807) is 31.2 Å². The van der Waals surface area contributed by atoms with Crippen molar-refractivity contribution in [3.63, 3.8) is 0 Å². The van der Waals surface area contributed by atoms with E-state index in [2.05, 4.69) is 31.2 Å². The molecule has 0 aliphatic carbocycles. The van der Waals surface area contributed by atoms with Crippen molar-refractivity contribution in [2.24, 2.45) is 0 Å². The molecule has 0 unspecified atom stereocenters. The van der Waals surface area contributed by atoms with Crippen molar-refractivity contribution in [2.75, 3.05) is 37.9 Å². The Balaban J connectivity index is 1.99. The van der Waals surface area contributed by atoms with E-state index in [1.165, 1.54) is 26.4 Å². The molecule has 3 aromatic rings. The number of pyridine rings is 2. The van der Waals surface area contributed by atoms with Crippen LogP contribution < -0.4 is 26.0 Å². The predicted molar refractivity (Wildman–Crippen MR) is 126 cm³/mol. The molecule has 0 aliphatic heterocycles. The van der Waals surface area contributed by atoms with Crippen molar-refractivity contribution in [3.05, 3.63) is 65.2 Å². The number of anilines is 4. The van der Waals surface area contributed by atoms with Crippen LogP contribution in [0.1, 0.15) is 26.3 Å². The van der Waals surface area contributed by atoms with Crippen LogP contribution in [-0.4, -0.2) is 54.2 Å². The fraction of sp³-hybridized carbons (Fsp3) is 0.217. The Kier molecular flexibility index (Phi) is 7.93. The number of aliphatic hydroxyl groups is 1. The van der Waals surface area contributed by atoms with Gasteiger partial charge in [0.15, 0.2) is 5.75 Å². The molecule has 3 rings (SSSR count).